The maximum atomic E-state index is 11.4. The third-order valence-electron chi connectivity index (χ3n) is 2.31. The van der Waals surface area contributed by atoms with Crippen LogP contribution in [0, 0.1) is 0 Å². The average Bonchev–Trinajstić information content (AvgIpc) is 2.15. The van der Waals surface area contributed by atoms with E-state index in [0.717, 1.165) is 19.3 Å². The molecule has 0 saturated heterocycles. The molecule has 1 N–H and O–H groups in total. The number of hydrogen-bond acceptors (Lipinski definition) is 2. The SMILES string of the molecule is CCCCCC(=O)C(C)=C(C)C(=O)O. The minimum Gasteiger partial charge on any atom is -0.478 e. The number of ketones is 1. The summed E-state index contributed by atoms with van der Waals surface area (Å²) in [6, 6.07) is 0. The Morgan fingerprint density at radius 3 is 2.07 bits per heavy atom. The van der Waals surface area contributed by atoms with Gasteiger partial charge in [0, 0.05) is 17.6 Å². The summed E-state index contributed by atoms with van der Waals surface area (Å²) in [6.07, 6.45) is 3.39. The first-order valence-electron chi connectivity index (χ1n) is 4.94. The number of hydrogen-bond donors (Lipinski definition) is 1. The van der Waals surface area contributed by atoms with Crippen molar-refractivity contribution in [2.75, 3.05) is 0 Å². The molecule has 0 saturated carbocycles. The largest absolute Gasteiger partial charge is 0.478 e. The van der Waals surface area contributed by atoms with Crippen LogP contribution in [0.2, 0.25) is 0 Å². The number of allylic oxidation sites excluding steroid dienone is 1. The van der Waals surface area contributed by atoms with Gasteiger partial charge in [-0.2, -0.15) is 0 Å². The lowest BCUT2D eigenvalue weighted by Gasteiger charge is -2.02. The molecule has 3 nitrogen and oxygen atoms in total. The number of carbonyl (C=O) groups is 2. The molecule has 0 atom stereocenters. The quantitative estimate of drug-likeness (QED) is 0.527. The van der Waals surface area contributed by atoms with Crippen molar-refractivity contribution in [1.82, 2.24) is 0 Å². The lowest BCUT2D eigenvalue weighted by molar-refractivity contribution is -0.133. The van der Waals surface area contributed by atoms with E-state index in [1.807, 2.05) is 0 Å². The Morgan fingerprint density at radius 1 is 1.07 bits per heavy atom. The monoisotopic (exact) mass is 198 g/mol. The van der Waals surface area contributed by atoms with Crippen molar-refractivity contribution in [3.8, 4) is 0 Å². The van der Waals surface area contributed by atoms with Gasteiger partial charge in [-0.1, -0.05) is 19.8 Å². The first-order chi connectivity index (χ1) is 6.50. The summed E-state index contributed by atoms with van der Waals surface area (Å²) in [5.41, 5.74) is 0.542. The number of aliphatic carboxylic acids is 1. The van der Waals surface area contributed by atoms with Gasteiger partial charge in [0.1, 0.15) is 0 Å². The molecule has 0 heterocycles. The van der Waals surface area contributed by atoms with Crippen molar-refractivity contribution in [1.29, 1.82) is 0 Å². The molecular formula is C11H18O3. The van der Waals surface area contributed by atoms with Crippen molar-refractivity contribution in [2.45, 2.75) is 46.5 Å². The highest BCUT2D eigenvalue weighted by atomic mass is 16.4. The van der Waals surface area contributed by atoms with Crippen LogP contribution in [0.1, 0.15) is 46.5 Å². The molecule has 0 aliphatic heterocycles. The zero-order valence-corrected chi connectivity index (χ0v) is 9.09. The van der Waals surface area contributed by atoms with E-state index in [-0.39, 0.29) is 11.4 Å². The third kappa shape index (κ3) is 4.21. The van der Waals surface area contributed by atoms with Gasteiger partial charge in [0.2, 0.25) is 0 Å². The molecule has 0 radical (unpaired) electrons. The predicted molar refractivity (Wildman–Crippen MR) is 55.2 cm³/mol. The minimum absolute atomic E-state index is 0.0432. The van der Waals surface area contributed by atoms with Gasteiger partial charge < -0.3 is 5.11 Å². The van der Waals surface area contributed by atoms with Gasteiger partial charge in [-0.05, 0) is 20.3 Å². The van der Waals surface area contributed by atoms with E-state index in [4.69, 9.17) is 5.11 Å². The molecule has 3 heteroatoms. The van der Waals surface area contributed by atoms with Crippen molar-refractivity contribution < 1.29 is 14.7 Å². The predicted octanol–water partition coefficient (Wildman–Crippen LogP) is 2.56. The molecular weight excluding hydrogens is 180 g/mol. The maximum absolute atomic E-state index is 11.4. The van der Waals surface area contributed by atoms with E-state index in [1.165, 1.54) is 6.92 Å². The lowest BCUT2D eigenvalue weighted by atomic mass is 10.0. The normalized spacial score (nSPS) is 12.2. The van der Waals surface area contributed by atoms with E-state index in [1.54, 1.807) is 6.92 Å². The molecule has 0 aromatic heterocycles. The molecule has 0 fully saturated rings. The molecule has 0 aromatic rings. The topological polar surface area (TPSA) is 54.4 Å². The third-order valence-corrected chi connectivity index (χ3v) is 2.31. The number of unbranched alkanes of at least 4 members (excludes halogenated alkanes) is 2. The summed E-state index contributed by atoms with van der Waals surface area (Å²) < 4.78 is 0. The lowest BCUT2D eigenvalue weighted by Crippen LogP contribution is -2.07. The molecule has 0 unspecified atom stereocenters. The molecule has 80 valence electrons. The van der Waals surface area contributed by atoms with Gasteiger partial charge in [0.05, 0.1) is 0 Å². The fourth-order valence-corrected chi connectivity index (χ4v) is 1.09. The van der Waals surface area contributed by atoms with Gasteiger partial charge in [-0.3, -0.25) is 4.79 Å². The van der Waals surface area contributed by atoms with Crippen LogP contribution in [0.3, 0.4) is 0 Å². The molecule has 0 aromatic carbocycles. The summed E-state index contributed by atoms with van der Waals surface area (Å²) >= 11 is 0. The minimum atomic E-state index is -1.01. The Bertz CT molecular complexity index is 251. The van der Waals surface area contributed by atoms with Crippen molar-refractivity contribution in [3.05, 3.63) is 11.1 Å². The number of carbonyl (C=O) groups excluding carboxylic acids is 1. The van der Waals surface area contributed by atoms with Crippen LogP contribution in [-0.2, 0) is 9.59 Å². The Hall–Kier alpha value is -1.12. The first kappa shape index (κ1) is 12.9. The van der Waals surface area contributed by atoms with Gasteiger partial charge in [-0.15, -0.1) is 0 Å². The molecule has 0 amide bonds. The Balaban J connectivity index is 4.25. The van der Waals surface area contributed by atoms with E-state index in [0.29, 0.717) is 12.0 Å². The van der Waals surface area contributed by atoms with Crippen LogP contribution in [0.15, 0.2) is 11.1 Å². The summed E-state index contributed by atoms with van der Waals surface area (Å²) in [7, 11) is 0. The number of rotatable bonds is 6. The zero-order valence-electron chi connectivity index (χ0n) is 9.09. The van der Waals surface area contributed by atoms with Gasteiger partial charge in [-0.25, -0.2) is 4.79 Å². The molecule has 14 heavy (non-hydrogen) atoms. The first-order valence-corrected chi connectivity index (χ1v) is 4.94. The van der Waals surface area contributed by atoms with Crippen LogP contribution in [-0.4, -0.2) is 16.9 Å². The van der Waals surface area contributed by atoms with E-state index < -0.39 is 5.97 Å². The highest BCUT2D eigenvalue weighted by molar-refractivity contribution is 6.02. The van der Waals surface area contributed by atoms with E-state index >= 15 is 0 Å². The molecule has 0 spiro atoms. The smallest absolute Gasteiger partial charge is 0.331 e. The average molecular weight is 198 g/mol. The number of carboxylic acid groups (broad SMARTS) is 1. The van der Waals surface area contributed by atoms with E-state index in [2.05, 4.69) is 6.92 Å². The van der Waals surface area contributed by atoms with Crippen molar-refractivity contribution in [3.63, 3.8) is 0 Å². The zero-order chi connectivity index (χ0) is 11.1. The second-order valence-electron chi connectivity index (χ2n) is 3.44. The number of Topliss-reactive ketones (excluding diaryl/α,β-unsaturated/α-hetero) is 1. The van der Waals surface area contributed by atoms with Crippen LogP contribution in [0.25, 0.3) is 0 Å². The van der Waals surface area contributed by atoms with Crippen LogP contribution in [0.4, 0.5) is 0 Å². The fourth-order valence-electron chi connectivity index (χ4n) is 1.09. The van der Waals surface area contributed by atoms with Crippen molar-refractivity contribution >= 4 is 11.8 Å². The Labute approximate surface area is 84.8 Å². The summed E-state index contributed by atoms with van der Waals surface area (Å²) in [4.78, 5) is 22.0. The second kappa shape index (κ2) is 6.35. The second-order valence-corrected chi connectivity index (χ2v) is 3.44. The van der Waals surface area contributed by atoms with Gasteiger partial charge >= 0.3 is 5.97 Å². The van der Waals surface area contributed by atoms with Crippen LogP contribution in [0.5, 0.6) is 0 Å². The van der Waals surface area contributed by atoms with Crippen LogP contribution >= 0.6 is 0 Å². The summed E-state index contributed by atoms with van der Waals surface area (Å²) in [6.45, 7) is 5.11. The number of carboxylic acids is 1. The molecule has 0 aliphatic carbocycles. The molecule has 0 rings (SSSR count). The standard InChI is InChI=1S/C11H18O3/c1-4-5-6-7-10(12)8(2)9(3)11(13)14/h4-7H2,1-3H3,(H,13,14). The van der Waals surface area contributed by atoms with Gasteiger partial charge in [0.25, 0.3) is 0 Å². The maximum Gasteiger partial charge on any atom is 0.331 e. The molecule has 0 aliphatic rings. The van der Waals surface area contributed by atoms with Gasteiger partial charge in [0.15, 0.2) is 5.78 Å². The molecule has 0 bridgehead atoms. The summed E-state index contributed by atoms with van der Waals surface area (Å²) in [5.74, 6) is -1.05. The summed E-state index contributed by atoms with van der Waals surface area (Å²) in [5, 5.41) is 8.66. The highest BCUT2D eigenvalue weighted by Crippen LogP contribution is 2.10. The van der Waals surface area contributed by atoms with E-state index in [9.17, 15) is 9.59 Å². The highest BCUT2D eigenvalue weighted by Gasteiger charge is 2.11. The van der Waals surface area contributed by atoms with Crippen molar-refractivity contribution in [2.24, 2.45) is 0 Å². The van der Waals surface area contributed by atoms with Crippen LogP contribution < -0.4 is 0 Å². The Kier molecular flexibility index (Phi) is 5.84. The Morgan fingerprint density at radius 2 is 1.64 bits per heavy atom. The fraction of sp³-hybridized carbons (Fsp3) is 0.636.